The van der Waals surface area contributed by atoms with Crippen LogP contribution in [0.2, 0.25) is 0 Å². The summed E-state index contributed by atoms with van der Waals surface area (Å²) in [6.45, 7) is 2.13. The second kappa shape index (κ2) is 8.78. The number of carbonyl (C=O) groups is 3. The Balaban J connectivity index is 1.16. The monoisotopic (exact) mass is 462 g/mol. The number of hydrogen-bond donors (Lipinski definition) is 3. The van der Waals surface area contributed by atoms with E-state index in [9.17, 15) is 14.4 Å². The molecule has 178 valence electrons. The first kappa shape index (κ1) is 22.4. The Bertz CT molecular complexity index is 1090. The van der Waals surface area contributed by atoms with Gasteiger partial charge in [-0.1, -0.05) is 55.5 Å². The van der Waals surface area contributed by atoms with Gasteiger partial charge in [-0.25, -0.2) is 4.79 Å². The number of nitrogens with one attached hydrogen (secondary N) is 2. The fourth-order valence-corrected chi connectivity index (χ4v) is 5.93. The maximum absolute atomic E-state index is 12.9. The number of hydrogen-bond acceptors (Lipinski definition) is 4. The minimum absolute atomic E-state index is 0.00691. The highest BCUT2D eigenvalue weighted by Gasteiger charge is 2.65. The zero-order chi connectivity index (χ0) is 23.9. The number of carboxylic acids is 1. The van der Waals surface area contributed by atoms with Crippen molar-refractivity contribution in [3.8, 4) is 11.1 Å². The van der Waals surface area contributed by atoms with Crippen LogP contribution in [0.1, 0.15) is 56.1 Å². The number of alkyl carbamates (subject to hydrolysis) is 1. The van der Waals surface area contributed by atoms with Gasteiger partial charge in [-0.3, -0.25) is 9.59 Å². The molecule has 7 heteroatoms. The van der Waals surface area contributed by atoms with E-state index in [2.05, 4.69) is 34.9 Å². The first-order chi connectivity index (χ1) is 16.4. The predicted molar refractivity (Wildman–Crippen MR) is 126 cm³/mol. The summed E-state index contributed by atoms with van der Waals surface area (Å²) in [6, 6.07) is 15.9. The van der Waals surface area contributed by atoms with Crippen LogP contribution in [0.5, 0.6) is 0 Å². The molecule has 2 aromatic rings. The third-order valence-electron chi connectivity index (χ3n) is 7.78. The largest absolute Gasteiger partial charge is 0.481 e. The van der Waals surface area contributed by atoms with Crippen LogP contribution < -0.4 is 10.6 Å². The van der Waals surface area contributed by atoms with Gasteiger partial charge in [0.25, 0.3) is 0 Å². The predicted octanol–water partition coefficient (Wildman–Crippen LogP) is 4.06. The van der Waals surface area contributed by atoms with Crippen molar-refractivity contribution in [1.29, 1.82) is 0 Å². The average molecular weight is 463 g/mol. The van der Waals surface area contributed by atoms with E-state index >= 15 is 0 Å². The zero-order valence-electron chi connectivity index (χ0n) is 19.3. The van der Waals surface area contributed by atoms with E-state index in [1.807, 2.05) is 31.2 Å². The van der Waals surface area contributed by atoms with Gasteiger partial charge in [0.15, 0.2) is 0 Å². The highest BCUT2D eigenvalue weighted by Crippen LogP contribution is 2.63. The number of ether oxygens (including phenoxy) is 1. The molecule has 4 atom stereocenters. The normalized spacial score (nSPS) is 25.0. The van der Waals surface area contributed by atoms with Crippen LogP contribution in [0.15, 0.2) is 48.5 Å². The van der Waals surface area contributed by atoms with Crippen molar-refractivity contribution in [1.82, 2.24) is 10.6 Å². The lowest BCUT2D eigenvalue weighted by Gasteiger charge is -2.21. The second-order valence-electron chi connectivity index (χ2n) is 9.84. The number of aliphatic carboxylic acids is 1. The summed E-state index contributed by atoms with van der Waals surface area (Å²) < 4.78 is 5.65. The van der Waals surface area contributed by atoms with Gasteiger partial charge < -0.3 is 20.5 Å². The van der Waals surface area contributed by atoms with E-state index in [4.69, 9.17) is 9.84 Å². The summed E-state index contributed by atoms with van der Waals surface area (Å²) in [7, 11) is 0. The lowest BCUT2D eigenvalue weighted by molar-refractivity contribution is -0.138. The molecule has 5 rings (SSSR count). The fraction of sp³-hybridized carbons (Fsp3) is 0.444. The summed E-state index contributed by atoms with van der Waals surface area (Å²) in [5.41, 5.74) is 4.23. The highest BCUT2D eigenvalue weighted by atomic mass is 16.5. The molecule has 3 N–H and O–H groups in total. The van der Waals surface area contributed by atoms with Gasteiger partial charge in [0, 0.05) is 18.0 Å². The van der Waals surface area contributed by atoms with Crippen molar-refractivity contribution in [2.75, 3.05) is 6.61 Å². The van der Waals surface area contributed by atoms with Crippen molar-refractivity contribution >= 4 is 18.0 Å². The lowest BCUT2D eigenvalue weighted by Crippen LogP contribution is -2.42. The fourth-order valence-electron chi connectivity index (χ4n) is 5.93. The van der Waals surface area contributed by atoms with Crippen molar-refractivity contribution in [3.05, 3.63) is 59.7 Å². The van der Waals surface area contributed by atoms with Gasteiger partial charge in [0.2, 0.25) is 5.91 Å². The molecule has 0 aromatic heterocycles. The molecule has 2 fully saturated rings. The molecule has 2 aromatic carbocycles. The standard InChI is InChI=1S/C27H30N2O5/c1-2-17(12-24(30)31)28-25(32)27-13-16(27)11-18(14-27)29-26(33)34-15-23-21-9-5-3-7-19(21)20-8-4-6-10-22(20)23/h3-10,16-18,23H,2,11-15H2,1H3,(H,28,32)(H,29,33)(H,30,31)/t16?,17-,18?,27?/m0/s1. The van der Waals surface area contributed by atoms with Gasteiger partial charge in [0.1, 0.15) is 6.61 Å². The van der Waals surface area contributed by atoms with E-state index in [-0.39, 0.29) is 42.9 Å². The molecular formula is C27H30N2O5. The Morgan fingerprint density at radius 1 is 1.06 bits per heavy atom. The number of benzene rings is 2. The second-order valence-corrected chi connectivity index (χ2v) is 9.84. The smallest absolute Gasteiger partial charge is 0.407 e. The van der Waals surface area contributed by atoms with E-state index in [1.54, 1.807) is 0 Å². The summed E-state index contributed by atoms with van der Waals surface area (Å²) in [6.07, 6.45) is 2.14. The molecular weight excluding hydrogens is 432 g/mol. The molecule has 0 bridgehead atoms. The van der Waals surface area contributed by atoms with Crippen LogP contribution in [0.25, 0.3) is 11.1 Å². The van der Waals surface area contributed by atoms with Gasteiger partial charge in [-0.05, 0) is 53.9 Å². The quantitative estimate of drug-likeness (QED) is 0.549. The van der Waals surface area contributed by atoms with Crippen molar-refractivity contribution in [2.24, 2.45) is 11.3 Å². The maximum Gasteiger partial charge on any atom is 0.407 e. The first-order valence-electron chi connectivity index (χ1n) is 12.1. The highest BCUT2D eigenvalue weighted by molar-refractivity contribution is 5.87. The summed E-state index contributed by atoms with van der Waals surface area (Å²) in [4.78, 5) is 36.5. The number of carboxylic acid groups (broad SMARTS) is 1. The Morgan fingerprint density at radius 2 is 1.71 bits per heavy atom. The van der Waals surface area contributed by atoms with E-state index in [1.165, 1.54) is 22.3 Å². The molecule has 2 saturated carbocycles. The van der Waals surface area contributed by atoms with Gasteiger partial charge in [-0.2, -0.15) is 0 Å². The summed E-state index contributed by atoms with van der Waals surface area (Å²) in [5, 5.41) is 14.9. The van der Waals surface area contributed by atoms with E-state index in [0.717, 1.165) is 12.8 Å². The minimum atomic E-state index is -0.918. The van der Waals surface area contributed by atoms with E-state index in [0.29, 0.717) is 12.8 Å². The average Bonchev–Trinajstić information content (AvgIpc) is 3.25. The Morgan fingerprint density at radius 3 is 2.32 bits per heavy atom. The minimum Gasteiger partial charge on any atom is -0.481 e. The maximum atomic E-state index is 12.9. The summed E-state index contributed by atoms with van der Waals surface area (Å²) in [5.74, 6) is -0.762. The number of fused-ring (bicyclic) bond motifs is 4. The molecule has 3 unspecified atom stereocenters. The third kappa shape index (κ3) is 4.04. The van der Waals surface area contributed by atoms with Crippen LogP contribution in [-0.2, 0) is 14.3 Å². The van der Waals surface area contributed by atoms with Crippen LogP contribution in [0.3, 0.4) is 0 Å². The molecule has 34 heavy (non-hydrogen) atoms. The van der Waals surface area contributed by atoms with Crippen LogP contribution in [-0.4, -0.2) is 41.8 Å². The molecule has 0 radical (unpaired) electrons. The molecule has 0 aliphatic heterocycles. The van der Waals surface area contributed by atoms with Crippen molar-refractivity contribution < 1.29 is 24.2 Å². The van der Waals surface area contributed by atoms with Gasteiger partial charge >= 0.3 is 12.1 Å². The van der Waals surface area contributed by atoms with Crippen LogP contribution in [0.4, 0.5) is 4.79 Å². The van der Waals surface area contributed by atoms with Crippen LogP contribution in [0, 0.1) is 11.3 Å². The van der Waals surface area contributed by atoms with Gasteiger partial charge in [-0.15, -0.1) is 0 Å². The first-order valence-corrected chi connectivity index (χ1v) is 12.1. The lowest BCUT2D eigenvalue weighted by atomic mass is 9.98. The topological polar surface area (TPSA) is 105 Å². The van der Waals surface area contributed by atoms with Crippen molar-refractivity contribution in [3.63, 3.8) is 0 Å². The number of rotatable bonds is 8. The molecule has 3 aliphatic rings. The molecule has 7 nitrogen and oxygen atoms in total. The van der Waals surface area contributed by atoms with Crippen LogP contribution >= 0.6 is 0 Å². The third-order valence-corrected chi connectivity index (χ3v) is 7.78. The van der Waals surface area contributed by atoms with Crippen molar-refractivity contribution in [2.45, 2.75) is 57.0 Å². The van der Waals surface area contributed by atoms with E-state index < -0.39 is 17.5 Å². The van der Waals surface area contributed by atoms with Gasteiger partial charge in [0.05, 0.1) is 11.8 Å². The molecule has 3 aliphatic carbocycles. The Kier molecular flexibility index (Phi) is 5.80. The number of amides is 2. The zero-order valence-corrected chi connectivity index (χ0v) is 19.3. The molecule has 0 heterocycles. The number of carbonyl (C=O) groups excluding carboxylic acids is 2. The molecule has 0 saturated heterocycles. The Labute approximate surface area is 198 Å². The molecule has 0 spiro atoms. The SMILES string of the molecule is CC[C@@H](CC(=O)O)NC(=O)C12CC(NC(=O)OCC3c4ccccc4-c4ccccc43)CC1C2. The molecule has 2 amide bonds. The summed E-state index contributed by atoms with van der Waals surface area (Å²) >= 11 is 0. The Hall–Kier alpha value is -3.35.